The monoisotopic (exact) mass is 451 g/mol. The van der Waals surface area contributed by atoms with Gasteiger partial charge in [0, 0.05) is 26.2 Å². The third kappa shape index (κ3) is 8.42. The van der Waals surface area contributed by atoms with E-state index in [1.165, 1.54) is 0 Å². The number of amides is 2. The first kappa shape index (κ1) is 25.5. The fraction of sp³-hybridized carbons (Fsp3) is 0.750. The van der Waals surface area contributed by atoms with Gasteiger partial charge in [-0.1, -0.05) is 26.2 Å². The molecule has 1 saturated heterocycles. The van der Waals surface area contributed by atoms with Crippen LogP contribution in [-0.2, 0) is 9.59 Å². The van der Waals surface area contributed by atoms with Gasteiger partial charge < -0.3 is 15.1 Å². The Morgan fingerprint density at radius 2 is 1.94 bits per heavy atom. The highest BCUT2D eigenvalue weighted by molar-refractivity contribution is 5.80. The van der Waals surface area contributed by atoms with Crippen LogP contribution >= 0.6 is 0 Å². The summed E-state index contributed by atoms with van der Waals surface area (Å²) in [6.07, 6.45) is 4.66. The number of anilines is 3. The van der Waals surface area contributed by atoms with Gasteiger partial charge in [-0.25, -0.2) is 5.06 Å². The molecule has 0 saturated carbocycles. The third-order valence-corrected chi connectivity index (χ3v) is 5.31. The predicted octanol–water partition coefficient (Wildman–Crippen LogP) is 0.933. The van der Waals surface area contributed by atoms with E-state index in [1.807, 2.05) is 6.92 Å². The van der Waals surface area contributed by atoms with Crippen LogP contribution in [0.5, 0.6) is 0 Å². The van der Waals surface area contributed by atoms with Crippen LogP contribution in [0.3, 0.4) is 0 Å². The SMILES string of the molecule is CCCCC[C@H](CN(O)C=O)C(=O)NNc1nc(NCC)nc(N2CCCN(C)CC2)n1. The summed E-state index contributed by atoms with van der Waals surface area (Å²) in [5.41, 5.74) is 5.41. The van der Waals surface area contributed by atoms with Crippen molar-refractivity contribution in [3.8, 4) is 0 Å². The van der Waals surface area contributed by atoms with Crippen molar-refractivity contribution in [2.24, 2.45) is 5.92 Å². The molecule has 32 heavy (non-hydrogen) atoms. The largest absolute Gasteiger partial charge is 0.354 e. The summed E-state index contributed by atoms with van der Waals surface area (Å²) >= 11 is 0. The molecule has 1 atom stereocenters. The summed E-state index contributed by atoms with van der Waals surface area (Å²) in [6.45, 7) is 8.17. The Bertz CT molecular complexity index is 722. The van der Waals surface area contributed by atoms with Crippen molar-refractivity contribution in [1.82, 2.24) is 30.3 Å². The van der Waals surface area contributed by atoms with Gasteiger partial charge in [-0.15, -0.1) is 0 Å². The van der Waals surface area contributed by atoms with Crippen LogP contribution < -0.4 is 21.1 Å². The molecule has 1 aromatic heterocycles. The second-order valence-electron chi connectivity index (χ2n) is 7.99. The lowest BCUT2D eigenvalue weighted by Gasteiger charge is -2.22. The fourth-order valence-electron chi connectivity index (χ4n) is 3.48. The molecule has 0 aliphatic carbocycles. The Labute approximate surface area is 189 Å². The number of hydrazine groups is 1. The molecule has 1 fully saturated rings. The van der Waals surface area contributed by atoms with E-state index in [9.17, 15) is 14.8 Å². The minimum Gasteiger partial charge on any atom is -0.354 e. The van der Waals surface area contributed by atoms with E-state index in [-0.39, 0.29) is 18.4 Å². The Morgan fingerprint density at radius 1 is 1.16 bits per heavy atom. The van der Waals surface area contributed by atoms with E-state index >= 15 is 0 Å². The maximum absolute atomic E-state index is 12.7. The van der Waals surface area contributed by atoms with Crippen LogP contribution in [0, 0.1) is 5.92 Å². The third-order valence-electron chi connectivity index (χ3n) is 5.31. The van der Waals surface area contributed by atoms with Crippen LogP contribution in [0.25, 0.3) is 0 Å². The highest BCUT2D eigenvalue weighted by Gasteiger charge is 2.22. The van der Waals surface area contributed by atoms with Crippen molar-refractivity contribution in [3.63, 3.8) is 0 Å². The van der Waals surface area contributed by atoms with Crippen LogP contribution in [0.1, 0.15) is 46.0 Å². The van der Waals surface area contributed by atoms with Gasteiger partial charge in [-0.2, -0.15) is 15.0 Å². The zero-order valence-corrected chi connectivity index (χ0v) is 19.4. The average molecular weight is 452 g/mol. The predicted molar refractivity (Wildman–Crippen MR) is 122 cm³/mol. The molecule has 12 heteroatoms. The number of hydroxylamine groups is 2. The highest BCUT2D eigenvalue weighted by Crippen LogP contribution is 2.16. The zero-order chi connectivity index (χ0) is 23.3. The molecule has 1 aliphatic heterocycles. The molecule has 0 radical (unpaired) electrons. The fourth-order valence-corrected chi connectivity index (χ4v) is 3.48. The van der Waals surface area contributed by atoms with Crippen molar-refractivity contribution in [2.45, 2.75) is 46.0 Å². The molecule has 1 aliphatic rings. The van der Waals surface area contributed by atoms with E-state index in [1.54, 1.807) is 0 Å². The molecule has 0 bridgehead atoms. The molecular weight excluding hydrogens is 414 g/mol. The molecule has 0 unspecified atom stereocenters. The van der Waals surface area contributed by atoms with Crippen LogP contribution in [0.15, 0.2) is 0 Å². The molecule has 4 N–H and O–H groups in total. The molecule has 2 rings (SSSR count). The molecule has 12 nitrogen and oxygen atoms in total. The van der Waals surface area contributed by atoms with Gasteiger partial charge in [0.1, 0.15) is 0 Å². The summed E-state index contributed by atoms with van der Waals surface area (Å²) < 4.78 is 0. The van der Waals surface area contributed by atoms with Crippen molar-refractivity contribution in [1.29, 1.82) is 0 Å². The maximum Gasteiger partial charge on any atom is 0.248 e. The summed E-state index contributed by atoms with van der Waals surface area (Å²) in [5, 5.41) is 13.1. The molecule has 2 heterocycles. The maximum atomic E-state index is 12.7. The second kappa shape index (κ2) is 13.6. The minimum absolute atomic E-state index is 0.0763. The first-order valence-electron chi connectivity index (χ1n) is 11.4. The number of likely N-dealkylation sites (N-methyl/N-ethyl adjacent to an activating group) is 1. The molecule has 2 amide bonds. The lowest BCUT2D eigenvalue weighted by molar-refractivity contribution is -0.154. The first-order valence-corrected chi connectivity index (χ1v) is 11.4. The van der Waals surface area contributed by atoms with Crippen molar-refractivity contribution in [2.75, 3.05) is 62.0 Å². The smallest absolute Gasteiger partial charge is 0.248 e. The minimum atomic E-state index is -0.556. The van der Waals surface area contributed by atoms with Gasteiger partial charge in [0.15, 0.2) is 0 Å². The van der Waals surface area contributed by atoms with Gasteiger partial charge in [0.25, 0.3) is 0 Å². The Kier molecular flexibility index (Phi) is 10.9. The van der Waals surface area contributed by atoms with Crippen LogP contribution in [-0.4, -0.2) is 88.8 Å². The second-order valence-corrected chi connectivity index (χ2v) is 7.99. The van der Waals surface area contributed by atoms with Crippen molar-refractivity contribution < 1.29 is 14.8 Å². The highest BCUT2D eigenvalue weighted by atomic mass is 16.5. The zero-order valence-electron chi connectivity index (χ0n) is 19.4. The van der Waals surface area contributed by atoms with E-state index in [0.717, 1.165) is 51.9 Å². The van der Waals surface area contributed by atoms with E-state index in [2.05, 4.69) is 54.9 Å². The van der Waals surface area contributed by atoms with E-state index in [4.69, 9.17) is 0 Å². The lowest BCUT2D eigenvalue weighted by Crippen LogP contribution is -2.40. The summed E-state index contributed by atoms with van der Waals surface area (Å²) in [4.78, 5) is 41.2. The molecule has 0 aromatic carbocycles. The van der Waals surface area contributed by atoms with Crippen LogP contribution in [0.2, 0.25) is 0 Å². The lowest BCUT2D eigenvalue weighted by atomic mass is 10.0. The molecule has 180 valence electrons. The van der Waals surface area contributed by atoms with Gasteiger partial charge in [-0.3, -0.25) is 25.6 Å². The number of hydrogen-bond donors (Lipinski definition) is 4. The van der Waals surface area contributed by atoms with Crippen molar-refractivity contribution in [3.05, 3.63) is 0 Å². The Hall–Kier alpha value is -2.73. The quantitative estimate of drug-likeness (QED) is 0.148. The molecular formula is C20H37N9O3. The number of nitrogens with one attached hydrogen (secondary N) is 3. The first-order chi connectivity index (χ1) is 15.5. The van der Waals surface area contributed by atoms with Gasteiger partial charge in [0.05, 0.1) is 12.5 Å². The number of unbranched alkanes of at least 4 members (excludes halogenated alkanes) is 2. The Balaban J connectivity index is 2.09. The van der Waals surface area contributed by atoms with Crippen molar-refractivity contribution >= 4 is 30.2 Å². The summed E-state index contributed by atoms with van der Waals surface area (Å²) in [7, 11) is 2.10. The number of rotatable bonds is 13. The number of carbonyl (C=O) groups excluding carboxylic acids is 2. The normalized spacial score (nSPS) is 15.6. The van der Waals surface area contributed by atoms with Gasteiger partial charge in [-0.05, 0) is 33.4 Å². The molecule has 0 spiro atoms. The van der Waals surface area contributed by atoms with E-state index < -0.39 is 5.92 Å². The number of aromatic nitrogens is 3. The molecule has 1 aromatic rings. The van der Waals surface area contributed by atoms with E-state index in [0.29, 0.717) is 36.3 Å². The number of carbonyl (C=O) groups is 2. The van der Waals surface area contributed by atoms with Gasteiger partial charge >= 0.3 is 0 Å². The van der Waals surface area contributed by atoms with Crippen LogP contribution in [0.4, 0.5) is 17.8 Å². The summed E-state index contributed by atoms with van der Waals surface area (Å²) in [5.74, 6) is 0.296. The average Bonchev–Trinajstić information content (AvgIpc) is 3.01. The standard InChI is InChI=1S/C20H37N9O3/c1-4-6-7-9-16(14-29(32)15-30)17(31)25-26-19-22-18(21-5-2)23-20(24-19)28-11-8-10-27(3)12-13-28/h15-16,32H,4-14H2,1-3H3,(H,25,31)(H2,21,22,23,24,26)/t16-/m1/s1. The number of hydrogen-bond acceptors (Lipinski definition) is 10. The topological polar surface area (TPSA) is 139 Å². The Morgan fingerprint density at radius 3 is 2.66 bits per heavy atom. The summed E-state index contributed by atoms with van der Waals surface area (Å²) in [6, 6.07) is 0. The van der Waals surface area contributed by atoms with Gasteiger partial charge in [0.2, 0.25) is 30.2 Å². The number of nitrogens with zero attached hydrogens (tertiary/aromatic N) is 6.